The number of aliphatic imine (C=N–C) groups is 1. The lowest BCUT2D eigenvalue weighted by molar-refractivity contribution is 0.415. The van der Waals surface area contributed by atoms with Crippen molar-refractivity contribution in [2.75, 3.05) is 7.11 Å². The largest absolute Gasteiger partial charge is 0.497 e. The van der Waals surface area contributed by atoms with Crippen molar-refractivity contribution >= 4 is 17.0 Å². The van der Waals surface area contributed by atoms with E-state index in [1.165, 1.54) is 16.3 Å². The molecule has 2 heteroatoms. The first-order valence-corrected chi connectivity index (χ1v) is 6.97. The second-order valence-electron chi connectivity index (χ2n) is 4.93. The predicted molar refractivity (Wildman–Crippen MR) is 88.2 cm³/mol. The summed E-state index contributed by atoms with van der Waals surface area (Å²) in [5.74, 6) is 0.882. The number of rotatable bonds is 4. The Balaban J connectivity index is 1.78. The standard InChI is InChI=1S/C19H17NO/c1-21-19-10-9-17-11-16(7-8-18(17)12-19)14-20-13-15-5-3-2-4-6-15/h2-12,14H,13H2,1H3/b20-14-. The number of hydrogen-bond donors (Lipinski definition) is 0. The van der Waals surface area contributed by atoms with Crippen LogP contribution in [0.3, 0.4) is 0 Å². The molecule has 0 bridgehead atoms. The van der Waals surface area contributed by atoms with Crippen molar-refractivity contribution in [1.82, 2.24) is 0 Å². The Morgan fingerprint density at radius 1 is 0.905 bits per heavy atom. The fraction of sp³-hybridized carbons (Fsp3) is 0.105. The van der Waals surface area contributed by atoms with Crippen LogP contribution in [0.25, 0.3) is 10.8 Å². The minimum Gasteiger partial charge on any atom is -0.497 e. The molecule has 3 aromatic carbocycles. The van der Waals surface area contributed by atoms with Gasteiger partial charge in [-0.1, -0.05) is 48.5 Å². The number of methoxy groups -OCH3 is 1. The molecule has 0 saturated carbocycles. The summed E-state index contributed by atoms with van der Waals surface area (Å²) in [6.45, 7) is 0.710. The second kappa shape index (κ2) is 6.23. The van der Waals surface area contributed by atoms with Crippen molar-refractivity contribution < 1.29 is 4.74 Å². The fourth-order valence-corrected chi connectivity index (χ4v) is 2.29. The highest BCUT2D eigenvalue weighted by Gasteiger charge is 1.97. The van der Waals surface area contributed by atoms with E-state index in [9.17, 15) is 0 Å². The van der Waals surface area contributed by atoms with E-state index in [2.05, 4.69) is 41.4 Å². The van der Waals surface area contributed by atoms with Crippen LogP contribution < -0.4 is 4.74 Å². The normalized spacial score (nSPS) is 11.1. The van der Waals surface area contributed by atoms with E-state index in [4.69, 9.17) is 4.74 Å². The molecule has 104 valence electrons. The Kier molecular flexibility index (Phi) is 3.97. The highest BCUT2D eigenvalue weighted by Crippen LogP contribution is 2.21. The van der Waals surface area contributed by atoms with E-state index in [1.54, 1.807) is 7.11 Å². The summed E-state index contributed by atoms with van der Waals surface area (Å²) in [4.78, 5) is 4.50. The van der Waals surface area contributed by atoms with Crippen LogP contribution in [0.5, 0.6) is 5.75 Å². The maximum atomic E-state index is 5.24. The fourth-order valence-electron chi connectivity index (χ4n) is 2.29. The Labute approximate surface area is 124 Å². The molecule has 0 aliphatic carbocycles. The minimum atomic E-state index is 0.710. The van der Waals surface area contributed by atoms with Crippen molar-refractivity contribution in [3.63, 3.8) is 0 Å². The topological polar surface area (TPSA) is 21.6 Å². The Morgan fingerprint density at radius 2 is 1.67 bits per heavy atom. The Morgan fingerprint density at radius 3 is 2.48 bits per heavy atom. The van der Waals surface area contributed by atoms with Gasteiger partial charge in [0.2, 0.25) is 0 Å². The zero-order valence-corrected chi connectivity index (χ0v) is 12.0. The van der Waals surface area contributed by atoms with E-state index in [-0.39, 0.29) is 0 Å². The van der Waals surface area contributed by atoms with E-state index >= 15 is 0 Å². The third kappa shape index (κ3) is 3.29. The number of hydrogen-bond acceptors (Lipinski definition) is 2. The minimum absolute atomic E-state index is 0.710. The molecule has 21 heavy (non-hydrogen) atoms. The number of nitrogens with zero attached hydrogens (tertiary/aromatic N) is 1. The second-order valence-corrected chi connectivity index (χ2v) is 4.93. The van der Waals surface area contributed by atoms with Crippen LogP contribution in [-0.2, 0) is 6.54 Å². The van der Waals surface area contributed by atoms with Gasteiger partial charge in [0.25, 0.3) is 0 Å². The maximum absolute atomic E-state index is 5.24. The van der Waals surface area contributed by atoms with Crippen LogP contribution >= 0.6 is 0 Å². The molecule has 3 rings (SSSR count). The summed E-state index contributed by atoms with van der Waals surface area (Å²) in [6, 6.07) is 22.7. The molecule has 3 aromatic rings. The first-order chi connectivity index (χ1) is 10.3. The van der Waals surface area contributed by atoms with Crippen molar-refractivity contribution in [3.05, 3.63) is 77.9 Å². The summed E-state index contributed by atoms with van der Waals surface area (Å²) in [5, 5.41) is 2.37. The smallest absolute Gasteiger partial charge is 0.119 e. The van der Waals surface area contributed by atoms with Crippen molar-refractivity contribution in [3.8, 4) is 5.75 Å². The van der Waals surface area contributed by atoms with Gasteiger partial charge in [0, 0.05) is 6.21 Å². The van der Waals surface area contributed by atoms with Gasteiger partial charge in [-0.15, -0.1) is 0 Å². The molecule has 0 unspecified atom stereocenters. The molecule has 0 aliphatic heterocycles. The molecule has 0 N–H and O–H groups in total. The van der Waals surface area contributed by atoms with Crippen molar-refractivity contribution in [2.24, 2.45) is 4.99 Å². The van der Waals surface area contributed by atoms with E-state index < -0.39 is 0 Å². The molecular weight excluding hydrogens is 258 g/mol. The molecule has 0 heterocycles. The van der Waals surface area contributed by atoms with Crippen LogP contribution in [-0.4, -0.2) is 13.3 Å². The molecule has 2 nitrogen and oxygen atoms in total. The van der Waals surface area contributed by atoms with Crippen molar-refractivity contribution in [2.45, 2.75) is 6.54 Å². The van der Waals surface area contributed by atoms with Gasteiger partial charge in [0.05, 0.1) is 13.7 Å². The Hall–Kier alpha value is -2.61. The quantitative estimate of drug-likeness (QED) is 0.644. The molecule has 0 atom stereocenters. The van der Waals surface area contributed by atoms with Gasteiger partial charge in [-0.05, 0) is 40.1 Å². The van der Waals surface area contributed by atoms with Gasteiger partial charge < -0.3 is 4.74 Å². The third-order valence-electron chi connectivity index (χ3n) is 3.43. The average molecular weight is 275 g/mol. The molecule has 0 spiro atoms. The lowest BCUT2D eigenvalue weighted by Gasteiger charge is -2.03. The highest BCUT2D eigenvalue weighted by molar-refractivity contribution is 5.91. The van der Waals surface area contributed by atoms with Gasteiger partial charge in [0.15, 0.2) is 0 Å². The zero-order chi connectivity index (χ0) is 14.5. The van der Waals surface area contributed by atoms with Crippen molar-refractivity contribution in [1.29, 1.82) is 0 Å². The molecule has 0 radical (unpaired) electrons. The summed E-state index contributed by atoms with van der Waals surface area (Å²) in [7, 11) is 1.69. The zero-order valence-electron chi connectivity index (χ0n) is 12.0. The monoisotopic (exact) mass is 275 g/mol. The SMILES string of the molecule is COc1ccc2cc(/C=N\Cc3ccccc3)ccc2c1. The van der Waals surface area contributed by atoms with E-state index in [1.807, 2.05) is 36.5 Å². The van der Waals surface area contributed by atoms with Crippen LogP contribution in [0.2, 0.25) is 0 Å². The lowest BCUT2D eigenvalue weighted by Crippen LogP contribution is -1.86. The molecule has 0 aromatic heterocycles. The number of ether oxygens (including phenoxy) is 1. The average Bonchev–Trinajstić information content (AvgIpc) is 2.55. The van der Waals surface area contributed by atoms with Gasteiger partial charge in [-0.25, -0.2) is 0 Å². The number of benzene rings is 3. The first-order valence-electron chi connectivity index (χ1n) is 6.97. The highest BCUT2D eigenvalue weighted by atomic mass is 16.5. The molecule has 0 fully saturated rings. The number of fused-ring (bicyclic) bond motifs is 1. The van der Waals surface area contributed by atoms with E-state index in [0.717, 1.165) is 11.3 Å². The summed E-state index contributed by atoms with van der Waals surface area (Å²) in [6.07, 6.45) is 1.93. The molecule has 0 amide bonds. The van der Waals surface area contributed by atoms with Gasteiger partial charge in [-0.2, -0.15) is 0 Å². The molecular formula is C19H17NO. The Bertz CT molecular complexity index is 763. The van der Waals surface area contributed by atoms with E-state index in [0.29, 0.717) is 6.54 Å². The predicted octanol–water partition coefficient (Wildman–Crippen LogP) is 4.47. The van der Waals surface area contributed by atoms with Crippen LogP contribution in [0.4, 0.5) is 0 Å². The summed E-state index contributed by atoms with van der Waals surface area (Å²) in [5.41, 5.74) is 2.34. The lowest BCUT2D eigenvalue weighted by atomic mass is 10.1. The summed E-state index contributed by atoms with van der Waals surface area (Å²) >= 11 is 0. The molecule has 0 aliphatic rings. The van der Waals surface area contributed by atoms with Crippen LogP contribution in [0.15, 0.2) is 71.7 Å². The van der Waals surface area contributed by atoms with Gasteiger partial charge in [0.1, 0.15) is 5.75 Å². The third-order valence-corrected chi connectivity index (χ3v) is 3.43. The summed E-state index contributed by atoms with van der Waals surface area (Å²) < 4.78 is 5.24. The van der Waals surface area contributed by atoms with Crippen LogP contribution in [0.1, 0.15) is 11.1 Å². The maximum Gasteiger partial charge on any atom is 0.119 e. The van der Waals surface area contributed by atoms with Crippen LogP contribution in [0, 0.1) is 0 Å². The first kappa shape index (κ1) is 13.4. The van der Waals surface area contributed by atoms with Gasteiger partial charge in [-0.3, -0.25) is 4.99 Å². The van der Waals surface area contributed by atoms with Gasteiger partial charge >= 0.3 is 0 Å². The molecule has 0 saturated heterocycles.